The second kappa shape index (κ2) is 4.95. The van der Waals surface area contributed by atoms with Gasteiger partial charge in [-0.25, -0.2) is 9.97 Å². The molecule has 0 spiro atoms. The van der Waals surface area contributed by atoms with E-state index in [1.807, 2.05) is 13.0 Å². The Morgan fingerprint density at radius 3 is 2.56 bits per heavy atom. The first-order valence-electron chi connectivity index (χ1n) is 5.22. The van der Waals surface area contributed by atoms with Gasteiger partial charge >= 0.3 is 0 Å². The molecule has 0 atom stereocenters. The number of nitrogens with one attached hydrogen (secondary N) is 1. The highest BCUT2D eigenvalue weighted by atomic mass is 79.9. The van der Waals surface area contributed by atoms with Crippen molar-refractivity contribution in [1.29, 1.82) is 0 Å². The first-order valence-corrected chi connectivity index (χ1v) is 6.01. The van der Waals surface area contributed by atoms with Crippen LogP contribution in [0.1, 0.15) is 33.5 Å². The van der Waals surface area contributed by atoms with Gasteiger partial charge in [-0.15, -0.1) is 0 Å². The summed E-state index contributed by atoms with van der Waals surface area (Å²) in [7, 11) is 0. The second-order valence-corrected chi connectivity index (χ2v) is 5.77. The standard InChI is InChI=1S/C12H18BrN3/c1-8(2)7-14-10-6-9(13)15-11(16-10)12(3,4)5/h6H,1,7H2,2-5H3,(H,14,15,16). The quantitative estimate of drug-likeness (QED) is 0.681. The van der Waals surface area contributed by atoms with Crippen molar-refractivity contribution in [3.8, 4) is 0 Å². The summed E-state index contributed by atoms with van der Waals surface area (Å²) in [5.74, 6) is 1.65. The van der Waals surface area contributed by atoms with Crippen molar-refractivity contribution in [2.75, 3.05) is 11.9 Å². The first-order chi connectivity index (χ1) is 7.29. The van der Waals surface area contributed by atoms with Gasteiger partial charge in [0.25, 0.3) is 0 Å². The molecule has 0 saturated heterocycles. The summed E-state index contributed by atoms with van der Waals surface area (Å²) < 4.78 is 0.802. The van der Waals surface area contributed by atoms with Gasteiger partial charge in [0, 0.05) is 18.0 Å². The number of hydrogen-bond donors (Lipinski definition) is 1. The fourth-order valence-corrected chi connectivity index (χ4v) is 1.47. The smallest absolute Gasteiger partial charge is 0.137 e. The van der Waals surface area contributed by atoms with Crippen molar-refractivity contribution < 1.29 is 0 Å². The lowest BCUT2D eigenvalue weighted by Crippen LogP contribution is -2.17. The molecule has 0 fully saturated rings. The van der Waals surface area contributed by atoms with E-state index in [1.54, 1.807) is 0 Å². The summed E-state index contributed by atoms with van der Waals surface area (Å²) >= 11 is 3.40. The monoisotopic (exact) mass is 283 g/mol. The number of anilines is 1. The highest BCUT2D eigenvalue weighted by molar-refractivity contribution is 9.10. The van der Waals surface area contributed by atoms with Crippen LogP contribution >= 0.6 is 15.9 Å². The lowest BCUT2D eigenvalue weighted by Gasteiger charge is -2.17. The average molecular weight is 284 g/mol. The molecule has 88 valence electrons. The van der Waals surface area contributed by atoms with E-state index in [4.69, 9.17) is 0 Å². The Hall–Kier alpha value is -0.900. The molecule has 1 heterocycles. The summed E-state index contributed by atoms with van der Waals surface area (Å²) in [4.78, 5) is 8.86. The summed E-state index contributed by atoms with van der Waals surface area (Å²) in [6.45, 7) is 12.8. The first kappa shape index (κ1) is 13.2. The highest BCUT2D eigenvalue weighted by Gasteiger charge is 2.18. The van der Waals surface area contributed by atoms with E-state index in [-0.39, 0.29) is 5.41 Å². The van der Waals surface area contributed by atoms with Crippen molar-refractivity contribution in [3.63, 3.8) is 0 Å². The fourth-order valence-electron chi connectivity index (χ4n) is 1.09. The molecule has 0 aliphatic heterocycles. The minimum Gasteiger partial charge on any atom is -0.366 e. The molecule has 0 aliphatic rings. The molecule has 0 saturated carbocycles. The number of halogens is 1. The second-order valence-electron chi connectivity index (χ2n) is 4.96. The highest BCUT2D eigenvalue weighted by Crippen LogP contribution is 2.22. The van der Waals surface area contributed by atoms with Crippen molar-refractivity contribution in [2.24, 2.45) is 0 Å². The zero-order valence-electron chi connectivity index (χ0n) is 10.3. The van der Waals surface area contributed by atoms with Gasteiger partial charge in [0.05, 0.1) is 0 Å². The van der Waals surface area contributed by atoms with Crippen molar-refractivity contribution in [1.82, 2.24) is 9.97 Å². The van der Waals surface area contributed by atoms with E-state index in [9.17, 15) is 0 Å². The van der Waals surface area contributed by atoms with Crippen LogP contribution in [-0.4, -0.2) is 16.5 Å². The van der Waals surface area contributed by atoms with E-state index < -0.39 is 0 Å². The van der Waals surface area contributed by atoms with Gasteiger partial charge in [0.2, 0.25) is 0 Å². The third-order valence-electron chi connectivity index (χ3n) is 1.94. The van der Waals surface area contributed by atoms with Gasteiger partial charge in [0.1, 0.15) is 16.2 Å². The summed E-state index contributed by atoms with van der Waals surface area (Å²) in [5.41, 5.74) is 1.02. The third-order valence-corrected chi connectivity index (χ3v) is 2.34. The number of aromatic nitrogens is 2. The van der Waals surface area contributed by atoms with Gasteiger partial charge in [-0.3, -0.25) is 0 Å². The molecule has 0 aliphatic carbocycles. The number of rotatable bonds is 3. The summed E-state index contributed by atoms with van der Waals surface area (Å²) in [5, 5.41) is 3.22. The van der Waals surface area contributed by atoms with Crippen LogP contribution < -0.4 is 5.32 Å². The predicted molar refractivity (Wildman–Crippen MR) is 71.7 cm³/mol. The van der Waals surface area contributed by atoms with Crippen LogP contribution in [0.25, 0.3) is 0 Å². The van der Waals surface area contributed by atoms with E-state index >= 15 is 0 Å². The molecule has 16 heavy (non-hydrogen) atoms. The van der Waals surface area contributed by atoms with Gasteiger partial charge in [0.15, 0.2) is 0 Å². The molecule has 0 amide bonds. The van der Waals surface area contributed by atoms with E-state index in [2.05, 4.69) is 58.6 Å². The lowest BCUT2D eigenvalue weighted by molar-refractivity contribution is 0.544. The van der Waals surface area contributed by atoms with Gasteiger partial charge in [-0.2, -0.15) is 0 Å². The van der Waals surface area contributed by atoms with Crippen LogP contribution in [0.5, 0.6) is 0 Å². The predicted octanol–water partition coefficient (Wildman–Crippen LogP) is 3.52. The zero-order valence-corrected chi connectivity index (χ0v) is 11.8. The normalized spacial score (nSPS) is 11.3. The van der Waals surface area contributed by atoms with Crippen molar-refractivity contribution >= 4 is 21.7 Å². The third kappa shape index (κ3) is 3.93. The maximum Gasteiger partial charge on any atom is 0.137 e. The maximum atomic E-state index is 4.48. The zero-order chi connectivity index (χ0) is 12.3. The number of nitrogens with zero attached hydrogens (tertiary/aromatic N) is 2. The molecular weight excluding hydrogens is 266 g/mol. The average Bonchev–Trinajstić information content (AvgIpc) is 2.12. The van der Waals surface area contributed by atoms with Gasteiger partial charge in [-0.05, 0) is 22.9 Å². The largest absolute Gasteiger partial charge is 0.366 e. The molecule has 0 bridgehead atoms. The molecule has 1 aromatic rings. The van der Waals surface area contributed by atoms with E-state index in [1.165, 1.54) is 0 Å². The van der Waals surface area contributed by atoms with Crippen LogP contribution in [0.3, 0.4) is 0 Å². The van der Waals surface area contributed by atoms with Crippen LogP contribution in [0.2, 0.25) is 0 Å². The van der Waals surface area contributed by atoms with Crippen LogP contribution in [0.4, 0.5) is 5.82 Å². The Bertz CT molecular complexity index is 394. The van der Waals surface area contributed by atoms with Crippen LogP contribution in [0, 0.1) is 0 Å². The maximum absolute atomic E-state index is 4.48. The molecule has 1 aromatic heterocycles. The van der Waals surface area contributed by atoms with Crippen LogP contribution in [0.15, 0.2) is 22.8 Å². The van der Waals surface area contributed by atoms with Crippen LogP contribution in [-0.2, 0) is 5.41 Å². The lowest BCUT2D eigenvalue weighted by atomic mass is 9.96. The topological polar surface area (TPSA) is 37.8 Å². The fraction of sp³-hybridized carbons (Fsp3) is 0.500. The van der Waals surface area contributed by atoms with E-state index in [0.717, 1.165) is 28.4 Å². The minimum atomic E-state index is -0.0521. The Morgan fingerprint density at radius 2 is 2.06 bits per heavy atom. The molecule has 1 N–H and O–H groups in total. The Kier molecular flexibility index (Phi) is 4.08. The van der Waals surface area contributed by atoms with E-state index in [0.29, 0.717) is 0 Å². The molecule has 0 radical (unpaired) electrons. The Morgan fingerprint density at radius 1 is 1.44 bits per heavy atom. The molecule has 4 heteroatoms. The molecule has 0 unspecified atom stereocenters. The molecular formula is C12H18BrN3. The van der Waals surface area contributed by atoms with Crippen molar-refractivity contribution in [3.05, 3.63) is 28.6 Å². The minimum absolute atomic E-state index is 0.0521. The molecule has 1 rings (SSSR count). The van der Waals surface area contributed by atoms with Gasteiger partial charge < -0.3 is 5.32 Å². The summed E-state index contributed by atoms with van der Waals surface area (Å²) in [6, 6.07) is 1.87. The molecule has 0 aromatic carbocycles. The van der Waals surface area contributed by atoms with Crippen molar-refractivity contribution in [2.45, 2.75) is 33.1 Å². The SMILES string of the molecule is C=C(C)CNc1cc(Br)nc(C(C)(C)C)n1. The number of hydrogen-bond acceptors (Lipinski definition) is 3. The Balaban J connectivity index is 2.94. The Labute approximate surface area is 106 Å². The molecule has 3 nitrogen and oxygen atoms in total. The summed E-state index contributed by atoms with van der Waals surface area (Å²) in [6.07, 6.45) is 0. The van der Waals surface area contributed by atoms with Gasteiger partial charge in [-0.1, -0.05) is 32.9 Å².